The summed E-state index contributed by atoms with van der Waals surface area (Å²) in [6.45, 7) is 11.0. The van der Waals surface area contributed by atoms with Crippen LogP contribution in [0.1, 0.15) is 83.6 Å². The first-order valence-electron chi connectivity index (χ1n) is 27.7. The third-order valence-electron chi connectivity index (χ3n) is 13.9. The predicted molar refractivity (Wildman–Crippen MR) is 328 cm³/mol. The minimum atomic E-state index is -0.980. The summed E-state index contributed by atoms with van der Waals surface area (Å²) < 4.78 is 21.1. The van der Waals surface area contributed by atoms with Crippen LogP contribution in [0.5, 0.6) is 11.5 Å². The van der Waals surface area contributed by atoms with Crippen LogP contribution in [0, 0.1) is 19.8 Å². The molecule has 460 valence electrons. The summed E-state index contributed by atoms with van der Waals surface area (Å²) in [7, 11) is 3.14. The Morgan fingerprint density at radius 1 is 0.558 bits per heavy atom. The molecule has 0 saturated carbocycles. The number of thiazole rings is 2. The van der Waals surface area contributed by atoms with Crippen molar-refractivity contribution in [3.05, 3.63) is 164 Å². The first-order chi connectivity index (χ1) is 40.5. The van der Waals surface area contributed by atoms with E-state index in [1.54, 1.807) is 78.6 Å². The van der Waals surface area contributed by atoms with Gasteiger partial charge in [-0.25, -0.2) is 9.97 Å². The van der Waals surface area contributed by atoms with E-state index in [2.05, 4.69) is 31.2 Å². The number of Topliss-reactive ketones (excluding diaryl/α,β-unsaturated/α-hetero) is 3. The maximum atomic E-state index is 13.7. The number of carboxylic acid groups (broad SMARTS) is 1. The number of carbonyl (C=O) groups is 8. The second-order valence-electron chi connectivity index (χ2n) is 21.4. The number of aliphatic carboxylic acids is 1. The van der Waals surface area contributed by atoms with Crippen LogP contribution in [-0.4, -0.2) is 131 Å². The Bertz CT molecular complexity index is 3220. The number of ketones is 3. The lowest BCUT2D eigenvalue weighted by Gasteiger charge is -2.25. The van der Waals surface area contributed by atoms with Gasteiger partial charge in [0.1, 0.15) is 40.6 Å². The van der Waals surface area contributed by atoms with Crippen molar-refractivity contribution in [3.63, 3.8) is 0 Å². The third kappa shape index (κ3) is 21.8. The molecule has 4 aromatic carbocycles. The summed E-state index contributed by atoms with van der Waals surface area (Å²) in [5.41, 5.74) is 7.28. The van der Waals surface area contributed by atoms with E-state index in [9.17, 15) is 38.4 Å². The fraction of sp³-hybridized carbons (Fsp3) is 0.406. The highest BCUT2D eigenvalue weighted by Crippen LogP contribution is 2.30. The highest BCUT2D eigenvalue weighted by molar-refractivity contribution is 7.11. The Morgan fingerprint density at radius 3 is 1.24 bits per heavy atom. The standard InChI is InChI=1S/C32H37N3O6S.C25H31N3O5.C6H7NO2S.CH4/c1-20(14-24(36)17-26-18-33-21(2)42-26)30(38)35-28(16-23-10-12-25(40-4)13-11-23)31(39)34-27(29(37)32(3)19-41-32)15-22-8-6-5-7-9-22;1-16(26)23(30)28-21(14-18-9-11-19(32-3)12-10-18)24(31)27-20(22(29)25(2)15-33-25)13-17-7-5-4-6-8-17;1-4-7-3-5(10-4)2-6(8)9;/h5-13,18,20,27-28H,14-17,19H2,1-4H3,(H,34,39)(H,35,38);4-12,16,20-21H,13-15,26H2,1-3H3,(H,27,31)(H,28,30);3H,2H2,1H3,(H,8,9);1H4/t20-,27+,28+,32-;16-,20-,21-,25+;;/m10../s1. The van der Waals surface area contributed by atoms with E-state index in [0.29, 0.717) is 31.1 Å². The van der Waals surface area contributed by atoms with Crippen molar-refractivity contribution in [3.8, 4) is 11.5 Å². The summed E-state index contributed by atoms with van der Waals surface area (Å²) in [6.07, 6.45) is 4.64. The van der Waals surface area contributed by atoms with Gasteiger partial charge in [0.25, 0.3) is 0 Å². The summed E-state index contributed by atoms with van der Waals surface area (Å²) in [5.74, 6) is -2.41. The largest absolute Gasteiger partial charge is 0.497 e. The number of aromatic nitrogens is 2. The van der Waals surface area contributed by atoms with Crippen molar-refractivity contribution in [2.24, 2.45) is 11.7 Å². The average Bonchev–Trinajstić information content (AvgIpc) is 4.33. The number of nitrogens with zero attached hydrogens (tertiary/aromatic N) is 2. The molecule has 2 fully saturated rings. The Labute approximate surface area is 510 Å². The number of amides is 4. The third-order valence-corrected chi connectivity index (χ3v) is 15.7. The smallest absolute Gasteiger partial charge is 0.308 e. The number of rotatable bonds is 28. The van der Waals surface area contributed by atoms with Crippen LogP contribution in [0.3, 0.4) is 0 Å². The maximum Gasteiger partial charge on any atom is 0.308 e. The molecule has 8 rings (SSSR count). The highest BCUT2D eigenvalue weighted by atomic mass is 32.1. The van der Waals surface area contributed by atoms with E-state index in [4.69, 9.17) is 29.8 Å². The highest BCUT2D eigenvalue weighted by Gasteiger charge is 2.51. The number of methoxy groups -OCH3 is 2. The van der Waals surface area contributed by atoms with Crippen molar-refractivity contribution < 1.29 is 62.4 Å². The molecule has 2 aliphatic rings. The van der Waals surface area contributed by atoms with E-state index < -0.39 is 76.9 Å². The molecule has 2 aliphatic heterocycles. The van der Waals surface area contributed by atoms with Crippen molar-refractivity contribution in [2.45, 2.75) is 135 Å². The van der Waals surface area contributed by atoms with Gasteiger partial charge in [-0.05, 0) is 94.0 Å². The quantitative estimate of drug-likeness (QED) is 0.0295. The molecule has 20 nitrogen and oxygen atoms in total. The molecule has 22 heteroatoms. The van der Waals surface area contributed by atoms with Crippen molar-refractivity contribution in [1.82, 2.24) is 31.2 Å². The number of epoxide rings is 2. The number of carboxylic acids is 1. The zero-order valence-electron chi connectivity index (χ0n) is 49.0. The van der Waals surface area contributed by atoms with Gasteiger partial charge in [-0.3, -0.25) is 38.4 Å². The zero-order chi connectivity index (χ0) is 61.8. The Kier molecular flexibility index (Phi) is 26.0. The van der Waals surface area contributed by atoms with Crippen molar-refractivity contribution >= 4 is 69.6 Å². The number of nitrogens with two attached hydrogens (primary N) is 1. The normalized spacial score (nSPS) is 17.4. The molecule has 0 aliphatic carbocycles. The summed E-state index contributed by atoms with van der Waals surface area (Å²) in [6, 6.07) is 29.0. The lowest BCUT2D eigenvalue weighted by atomic mass is 9.94. The topological polar surface area (TPSA) is 300 Å². The average molecular weight is 1220 g/mol. The first kappa shape index (κ1) is 68.8. The molecule has 2 saturated heterocycles. The summed E-state index contributed by atoms with van der Waals surface area (Å²) >= 11 is 2.88. The minimum absolute atomic E-state index is 0. The second-order valence-corrected chi connectivity index (χ2v) is 24.0. The van der Waals surface area contributed by atoms with E-state index in [1.165, 1.54) is 22.7 Å². The van der Waals surface area contributed by atoms with Crippen LogP contribution in [0.2, 0.25) is 0 Å². The van der Waals surface area contributed by atoms with E-state index in [-0.39, 0.29) is 63.3 Å². The zero-order valence-corrected chi connectivity index (χ0v) is 50.6. The number of benzene rings is 4. The molecule has 6 aromatic rings. The number of hydrogen-bond acceptors (Lipinski definition) is 17. The van der Waals surface area contributed by atoms with E-state index in [1.807, 2.05) is 98.8 Å². The van der Waals surface area contributed by atoms with Crippen LogP contribution >= 0.6 is 22.7 Å². The monoisotopic (exact) mass is 1220 g/mol. The molecule has 0 spiro atoms. The number of hydrogen-bond donors (Lipinski definition) is 6. The van der Waals surface area contributed by atoms with Gasteiger partial charge in [0.2, 0.25) is 23.6 Å². The van der Waals surface area contributed by atoms with E-state index >= 15 is 0 Å². The molecule has 4 amide bonds. The second kappa shape index (κ2) is 32.5. The lowest BCUT2D eigenvalue weighted by Crippen LogP contribution is -2.56. The van der Waals surface area contributed by atoms with Crippen molar-refractivity contribution in [1.29, 1.82) is 0 Å². The molecule has 0 radical (unpaired) electrons. The predicted octanol–water partition coefficient (Wildman–Crippen LogP) is 6.28. The van der Waals surface area contributed by atoms with Crippen LogP contribution in [0.25, 0.3) is 0 Å². The molecule has 7 N–H and O–H groups in total. The van der Waals surface area contributed by atoms with E-state index in [0.717, 1.165) is 42.0 Å². The van der Waals surface area contributed by atoms with Gasteiger partial charge in [-0.15, -0.1) is 22.7 Å². The van der Waals surface area contributed by atoms with Crippen molar-refractivity contribution in [2.75, 3.05) is 27.4 Å². The molecule has 8 atom stereocenters. The number of carbonyl (C=O) groups excluding carboxylic acids is 7. The van der Waals surface area contributed by atoms with Gasteiger partial charge in [0.05, 0.1) is 62.0 Å². The Hall–Kier alpha value is -8.02. The van der Waals surface area contributed by atoms with Crippen LogP contribution < -0.4 is 36.5 Å². The van der Waals surface area contributed by atoms with Crippen LogP contribution in [0.4, 0.5) is 0 Å². The van der Waals surface area contributed by atoms with Gasteiger partial charge < -0.3 is 51.1 Å². The number of ether oxygens (including phenoxy) is 4. The molecule has 0 unspecified atom stereocenters. The van der Waals surface area contributed by atoms with Crippen LogP contribution in [0.15, 0.2) is 122 Å². The first-order valence-corrected chi connectivity index (χ1v) is 29.3. The molecule has 86 heavy (non-hydrogen) atoms. The summed E-state index contributed by atoms with van der Waals surface area (Å²) in [5, 5.41) is 21.4. The summed E-state index contributed by atoms with van der Waals surface area (Å²) in [4.78, 5) is 112. The minimum Gasteiger partial charge on any atom is -0.497 e. The molecular weight excluding hydrogens is 1140 g/mol. The van der Waals surface area contributed by atoms with Gasteiger partial charge in [-0.1, -0.05) is 99.3 Å². The number of nitrogens with one attached hydrogen (secondary N) is 4. The van der Waals surface area contributed by atoms with Gasteiger partial charge in [-0.2, -0.15) is 0 Å². The van der Waals surface area contributed by atoms with Crippen LogP contribution in [-0.2, 0) is 86.4 Å². The lowest BCUT2D eigenvalue weighted by molar-refractivity contribution is -0.136. The van der Waals surface area contributed by atoms with Gasteiger partial charge in [0, 0.05) is 53.7 Å². The SMILES string of the molecule is C.COc1ccc(C[C@H](NC(=O)[C@H](C)CC(=O)Cc2cnc(C)s2)C(=O)N[C@@H](Cc2ccccc2)C(=O)[C@@]2(C)CO2)cc1.COc1ccc(C[C@H](NC(=O)[C@H](C)N)C(=O)N[C@@H](Cc2ccccc2)C(=O)[C@@]2(C)CO2)cc1.Cc1ncc(CC(=O)O)s1. The fourth-order valence-corrected chi connectivity index (χ4v) is 10.4. The Morgan fingerprint density at radius 2 is 0.907 bits per heavy atom. The molecular formula is C64H79N7O13S2. The fourth-order valence-electron chi connectivity index (χ4n) is 8.76. The molecule has 4 heterocycles. The van der Waals surface area contributed by atoms with Gasteiger partial charge >= 0.3 is 5.97 Å². The number of aryl methyl sites for hydroxylation is 2. The maximum absolute atomic E-state index is 13.7. The van der Waals surface area contributed by atoms with Gasteiger partial charge in [0.15, 0.2) is 11.6 Å². The Balaban J connectivity index is 0.000000272. The molecule has 0 bridgehead atoms. The molecule has 2 aromatic heterocycles.